The molecule has 9 nitrogen and oxygen atoms in total. The summed E-state index contributed by atoms with van der Waals surface area (Å²) in [5.74, 6) is 0.571. The van der Waals surface area contributed by atoms with Gasteiger partial charge in [-0.3, -0.25) is 4.79 Å². The van der Waals surface area contributed by atoms with Gasteiger partial charge >= 0.3 is 0 Å². The van der Waals surface area contributed by atoms with Gasteiger partial charge in [-0.05, 0) is 57.0 Å². The van der Waals surface area contributed by atoms with Crippen molar-refractivity contribution < 1.29 is 9.53 Å². The van der Waals surface area contributed by atoms with Crippen LogP contribution in [-0.4, -0.2) is 60.1 Å². The Balaban J connectivity index is 1.44. The maximum Gasteiger partial charge on any atom is 0.248 e. The molecule has 0 radical (unpaired) electrons. The molecule has 7 rings (SSSR count). The van der Waals surface area contributed by atoms with E-state index in [2.05, 4.69) is 64.1 Å². The molecule has 9 heteroatoms. The summed E-state index contributed by atoms with van der Waals surface area (Å²) >= 11 is 0. The van der Waals surface area contributed by atoms with Crippen molar-refractivity contribution >= 4 is 39.7 Å². The number of carbonyl (C=O) groups excluding carboxylic acids is 1. The van der Waals surface area contributed by atoms with Crippen LogP contribution in [0.1, 0.15) is 30.4 Å². The van der Waals surface area contributed by atoms with Crippen LogP contribution in [-0.2, 0) is 17.3 Å². The molecule has 3 aliphatic carbocycles. The van der Waals surface area contributed by atoms with Gasteiger partial charge in [-0.2, -0.15) is 0 Å². The number of anilines is 3. The average Bonchev–Trinajstić information content (AvgIpc) is 3.25. The molecule has 2 bridgehead atoms. The van der Waals surface area contributed by atoms with E-state index in [1.165, 1.54) is 0 Å². The first-order valence-electron chi connectivity index (χ1n) is 13.8. The number of benzene rings is 2. The number of ether oxygens (including phenoxy) is 1. The van der Waals surface area contributed by atoms with Crippen LogP contribution in [0.25, 0.3) is 27.7 Å². The van der Waals surface area contributed by atoms with Gasteiger partial charge in [0.1, 0.15) is 5.75 Å². The fourth-order valence-corrected chi connectivity index (χ4v) is 7.44. The van der Waals surface area contributed by atoms with Crippen LogP contribution in [0.2, 0.25) is 0 Å². The van der Waals surface area contributed by atoms with E-state index in [1.807, 2.05) is 38.4 Å². The van der Waals surface area contributed by atoms with Crippen LogP contribution in [0.15, 0.2) is 55.4 Å². The summed E-state index contributed by atoms with van der Waals surface area (Å²) in [6.45, 7) is 5.09. The van der Waals surface area contributed by atoms with E-state index < -0.39 is 5.91 Å². The lowest BCUT2D eigenvalue weighted by Crippen LogP contribution is -2.67. The van der Waals surface area contributed by atoms with Crippen molar-refractivity contribution in [1.29, 1.82) is 0 Å². The molecule has 4 N–H and O–H groups in total. The zero-order chi connectivity index (χ0) is 29.1. The molecule has 3 fully saturated rings. The van der Waals surface area contributed by atoms with Crippen LogP contribution in [0.5, 0.6) is 5.75 Å². The van der Waals surface area contributed by atoms with Crippen molar-refractivity contribution in [2.75, 3.05) is 45.4 Å². The molecule has 41 heavy (non-hydrogen) atoms. The summed E-state index contributed by atoms with van der Waals surface area (Å²) in [5.41, 5.74) is 12.4. The number of fused-ring (bicyclic) bond motifs is 1. The number of hydrogen-bond donors (Lipinski definition) is 3. The van der Waals surface area contributed by atoms with Gasteiger partial charge in [0.25, 0.3) is 0 Å². The van der Waals surface area contributed by atoms with Crippen molar-refractivity contribution in [2.24, 2.45) is 18.2 Å². The van der Waals surface area contributed by atoms with Crippen molar-refractivity contribution in [2.45, 2.75) is 24.7 Å². The van der Waals surface area contributed by atoms with Crippen LogP contribution >= 0.6 is 0 Å². The number of methoxy groups -OCH3 is 1. The minimum Gasteiger partial charge on any atom is -0.494 e. The van der Waals surface area contributed by atoms with Gasteiger partial charge in [-0.15, -0.1) is 0 Å². The van der Waals surface area contributed by atoms with Gasteiger partial charge in [0.15, 0.2) is 0 Å². The Hall–Kier alpha value is -4.37. The van der Waals surface area contributed by atoms with Crippen molar-refractivity contribution in [3.63, 3.8) is 0 Å². The number of nitrogens with one attached hydrogen (secondary N) is 2. The van der Waals surface area contributed by atoms with E-state index in [4.69, 9.17) is 15.5 Å². The van der Waals surface area contributed by atoms with Crippen LogP contribution in [0, 0.1) is 5.41 Å². The third kappa shape index (κ3) is 4.23. The number of nitrogens with two attached hydrogens (primary N) is 1. The Labute approximate surface area is 240 Å². The molecule has 0 aliphatic heterocycles. The summed E-state index contributed by atoms with van der Waals surface area (Å²) in [6, 6.07) is 12.0. The smallest absolute Gasteiger partial charge is 0.248 e. The van der Waals surface area contributed by atoms with Crippen molar-refractivity contribution in [3.05, 3.63) is 66.5 Å². The number of primary amides is 1. The second kappa shape index (κ2) is 9.62. The lowest BCUT2D eigenvalue weighted by Gasteiger charge is -2.72. The third-order valence-electron chi connectivity index (χ3n) is 8.75. The molecule has 0 saturated heterocycles. The number of hydrogen-bond acceptors (Lipinski definition) is 7. The predicted octanol–water partition coefficient (Wildman–Crippen LogP) is 4.91. The summed E-state index contributed by atoms with van der Waals surface area (Å²) in [6.07, 6.45) is 7.00. The monoisotopic (exact) mass is 551 g/mol. The highest BCUT2D eigenvalue weighted by Crippen LogP contribution is 2.76. The number of para-hydroxylation sites is 1. The van der Waals surface area contributed by atoms with Gasteiger partial charge in [-0.25, -0.2) is 9.97 Å². The van der Waals surface area contributed by atoms with E-state index in [-0.39, 0.29) is 11.0 Å². The Morgan fingerprint density at radius 3 is 2.61 bits per heavy atom. The fourth-order valence-electron chi connectivity index (χ4n) is 7.44. The number of amides is 1. The lowest BCUT2D eigenvalue weighted by atomic mass is 9.33. The third-order valence-corrected chi connectivity index (χ3v) is 8.75. The van der Waals surface area contributed by atoms with E-state index >= 15 is 0 Å². The molecule has 2 heterocycles. The largest absolute Gasteiger partial charge is 0.494 e. The predicted molar refractivity (Wildman–Crippen MR) is 165 cm³/mol. The highest BCUT2D eigenvalue weighted by Gasteiger charge is 2.69. The first-order valence-corrected chi connectivity index (χ1v) is 13.8. The van der Waals surface area contributed by atoms with E-state index in [0.717, 1.165) is 59.2 Å². The van der Waals surface area contributed by atoms with Crippen LogP contribution in [0.4, 0.5) is 17.3 Å². The van der Waals surface area contributed by atoms with E-state index in [9.17, 15) is 4.79 Å². The molecule has 0 spiro atoms. The number of carbonyl (C=O) groups is 1. The lowest BCUT2D eigenvalue weighted by molar-refractivity contribution is -0.151. The van der Waals surface area contributed by atoms with E-state index in [1.54, 1.807) is 13.3 Å². The first-order chi connectivity index (χ1) is 19.6. The van der Waals surface area contributed by atoms with Gasteiger partial charge in [0, 0.05) is 77.3 Å². The second-order valence-electron chi connectivity index (χ2n) is 12.0. The number of nitrogens with zero attached hydrogens (tertiary/aromatic N) is 4. The van der Waals surface area contributed by atoms with Crippen LogP contribution < -0.4 is 21.1 Å². The topological polar surface area (TPSA) is 110 Å². The zero-order valence-electron chi connectivity index (χ0n) is 24.3. The molecule has 1 amide bonds. The number of rotatable bonds is 10. The standard InChI is InChI=1S/C32H37N7O2/c1-19(29(33)40)21-13-24(28(41-6)26(27(21)34-2)32-15-31(16-32,17-32)18-38(3)4)37-30-35-12-11-23(36-30)22-14-39(5)25-10-8-7-9-20(22)25/h7-14,34H,1,15-18H2,2-6H3,(H2,33,40)(H,35,36,37). The molecule has 4 aromatic rings. The average molecular weight is 552 g/mol. The first kappa shape index (κ1) is 26.8. The second-order valence-corrected chi connectivity index (χ2v) is 12.0. The molecule has 212 valence electrons. The molecule has 2 aromatic carbocycles. The van der Waals surface area contributed by atoms with Gasteiger partial charge in [0.2, 0.25) is 11.9 Å². The van der Waals surface area contributed by atoms with Gasteiger partial charge in [-0.1, -0.05) is 24.8 Å². The normalized spacial score (nSPS) is 20.8. The molecule has 3 aliphatic rings. The maximum absolute atomic E-state index is 12.3. The molecule has 0 unspecified atom stereocenters. The number of aryl methyl sites for hydroxylation is 1. The Morgan fingerprint density at radius 1 is 1.22 bits per heavy atom. The van der Waals surface area contributed by atoms with Crippen molar-refractivity contribution in [1.82, 2.24) is 19.4 Å². The molecule has 0 atom stereocenters. The molecular formula is C32H37N7O2. The highest BCUT2D eigenvalue weighted by molar-refractivity contribution is 6.20. The zero-order valence-corrected chi connectivity index (χ0v) is 24.3. The van der Waals surface area contributed by atoms with E-state index in [0.29, 0.717) is 28.4 Å². The van der Waals surface area contributed by atoms with Crippen molar-refractivity contribution in [3.8, 4) is 17.0 Å². The Bertz CT molecular complexity index is 1680. The van der Waals surface area contributed by atoms with Crippen LogP contribution in [0.3, 0.4) is 0 Å². The minimum absolute atomic E-state index is 0.0459. The Kier molecular flexibility index (Phi) is 6.30. The highest BCUT2D eigenvalue weighted by atomic mass is 16.5. The quantitative estimate of drug-likeness (QED) is 0.240. The molecule has 2 aromatic heterocycles. The summed E-state index contributed by atoms with van der Waals surface area (Å²) in [5, 5.41) is 7.88. The SMILES string of the molecule is C=C(C(N)=O)c1cc(Nc2nccc(-c3cn(C)c4ccccc34)n2)c(OC)c(C23CC(CN(C)C)(C2)C3)c1NC. The maximum atomic E-state index is 12.3. The number of aromatic nitrogens is 3. The molecular weight excluding hydrogens is 514 g/mol. The van der Waals surface area contributed by atoms with Gasteiger partial charge < -0.3 is 30.6 Å². The molecule has 3 saturated carbocycles. The summed E-state index contributed by atoms with van der Waals surface area (Å²) in [7, 11) is 9.82. The Morgan fingerprint density at radius 2 is 1.95 bits per heavy atom. The summed E-state index contributed by atoms with van der Waals surface area (Å²) in [4.78, 5) is 24.0. The minimum atomic E-state index is -0.570. The fraction of sp³-hybridized carbons (Fsp3) is 0.344. The summed E-state index contributed by atoms with van der Waals surface area (Å²) < 4.78 is 8.20. The van der Waals surface area contributed by atoms with Gasteiger partial charge in [0.05, 0.1) is 18.5 Å².